The van der Waals surface area contributed by atoms with Crippen LogP contribution < -0.4 is 4.74 Å². The van der Waals surface area contributed by atoms with Crippen LogP contribution in [0.3, 0.4) is 0 Å². The molecule has 1 N–H and O–H groups in total. The fourth-order valence-corrected chi connectivity index (χ4v) is 2.18. The normalized spacial score (nSPS) is 12.3. The molecule has 0 aromatic heterocycles. The highest BCUT2D eigenvalue weighted by molar-refractivity contribution is 9.09. The van der Waals surface area contributed by atoms with Crippen LogP contribution in [-0.4, -0.2) is 16.6 Å². The van der Waals surface area contributed by atoms with Gasteiger partial charge in [-0.1, -0.05) is 36.4 Å². The van der Waals surface area contributed by atoms with E-state index in [0.29, 0.717) is 16.8 Å². The zero-order valence-electron chi connectivity index (χ0n) is 9.89. The van der Waals surface area contributed by atoms with E-state index in [1.165, 1.54) is 0 Å². The topological polar surface area (TPSA) is 46.5 Å². The molecule has 18 heavy (non-hydrogen) atoms. The minimum absolute atomic E-state index is 0.334. The van der Waals surface area contributed by atoms with Crippen LogP contribution >= 0.6 is 15.9 Å². The Morgan fingerprint density at radius 3 is 2.72 bits per heavy atom. The van der Waals surface area contributed by atoms with Crippen molar-refractivity contribution in [2.75, 3.05) is 5.52 Å². The zero-order valence-corrected chi connectivity index (χ0v) is 11.5. The largest absolute Gasteiger partial charge is 0.481 e. The summed E-state index contributed by atoms with van der Waals surface area (Å²) in [6.45, 7) is 1.66. The Hall–Kier alpha value is -1.55. The van der Waals surface area contributed by atoms with E-state index in [1.807, 2.05) is 36.4 Å². The number of halogens is 1. The molecule has 0 radical (unpaired) electrons. The maximum absolute atomic E-state index is 11.1. The zero-order chi connectivity index (χ0) is 13.1. The highest BCUT2D eigenvalue weighted by Crippen LogP contribution is 2.34. The second-order valence-electron chi connectivity index (χ2n) is 4.02. The van der Waals surface area contributed by atoms with Gasteiger partial charge in [-0.15, -0.1) is 0 Å². The van der Waals surface area contributed by atoms with Gasteiger partial charge in [0.1, 0.15) is 11.3 Å². The number of benzene rings is 2. The summed E-state index contributed by atoms with van der Waals surface area (Å²) < 4.78 is 5.57. The number of hydrogen-bond acceptors (Lipinski definition) is 2. The van der Waals surface area contributed by atoms with Crippen molar-refractivity contribution in [1.82, 2.24) is 0 Å². The van der Waals surface area contributed by atoms with Crippen molar-refractivity contribution in [2.45, 2.75) is 12.8 Å². The van der Waals surface area contributed by atoms with Gasteiger partial charge in [0.05, 0.1) is 5.92 Å². The lowest BCUT2D eigenvalue weighted by Gasteiger charge is -2.15. The summed E-state index contributed by atoms with van der Waals surface area (Å²) in [5.41, 5.74) is 1.03. The predicted octanol–water partition coefficient (Wildman–Crippen LogP) is 3.76. The Morgan fingerprint density at radius 2 is 2.06 bits per heavy atom. The van der Waals surface area contributed by atoms with E-state index in [2.05, 4.69) is 15.9 Å². The maximum Gasteiger partial charge on any atom is 0.310 e. The van der Waals surface area contributed by atoms with Crippen LogP contribution in [0.5, 0.6) is 5.75 Å². The highest BCUT2D eigenvalue weighted by Gasteiger charge is 2.20. The Morgan fingerprint density at radius 1 is 1.33 bits per heavy atom. The molecule has 1 atom stereocenters. The number of carboxylic acids is 1. The van der Waals surface area contributed by atoms with Crippen LogP contribution in [0.2, 0.25) is 0 Å². The van der Waals surface area contributed by atoms with Gasteiger partial charge < -0.3 is 9.84 Å². The van der Waals surface area contributed by atoms with Gasteiger partial charge in [-0.2, -0.15) is 0 Å². The Balaban J connectivity index is 2.66. The van der Waals surface area contributed by atoms with Crippen LogP contribution in [0.1, 0.15) is 18.4 Å². The van der Waals surface area contributed by atoms with Gasteiger partial charge in [-0.3, -0.25) is 4.79 Å². The quantitative estimate of drug-likeness (QED) is 0.875. The molecule has 0 aliphatic heterocycles. The van der Waals surface area contributed by atoms with E-state index in [9.17, 15) is 4.79 Å². The number of hydrogen-bond donors (Lipinski definition) is 1. The fourth-order valence-electron chi connectivity index (χ4n) is 1.95. The third-order valence-electron chi connectivity index (χ3n) is 2.95. The summed E-state index contributed by atoms with van der Waals surface area (Å²) in [6, 6.07) is 11.5. The van der Waals surface area contributed by atoms with Crippen LogP contribution in [0.15, 0.2) is 36.4 Å². The average Bonchev–Trinajstić information content (AvgIpc) is 2.38. The van der Waals surface area contributed by atoms with Crippen molar-refractivity contribution >= 4 is 32.7 Å². The number of fused-ring (bicyclic) bond motifs is 1. The molecule has 0 heterocycles. The Labute approximate surface area is 114 Å². The lowest BCUT2D eigenvalue weighted by atomic mass is 9.96. The Kier molecular flexibility index (Phi) is 3.87. The molecular formula is C14H13BrO3. The van der Waals surface area contributed by atoms with E-state index in [4.69, 9.17) is 9.84 Å². The van der Waals surface area contributed by atoms with Crippen LogP contribution in [0, 0.1) is 0 Å². The third-order valence-corrected chi connectivity index (χ3v) is 3.17. The molecule has 3 nitrogen and oxygen atoms in total. The predicted molar refractivity (Wildman–Crippen MR) is 74.4 cm³/mol. The number of rotatable bonds is 4. The second kappa shape index (κ2) is 5.40. The van der Waals surface area contributed by atoms with Gasteiger partial charge in [-0.05, 0) is 28.2 Å². The molecule has 1 unspecified atom stereocenters. The van der Waals surface area contributed by atoms with Crippen molar-refractivity contribution in [3.8, 4) is 5.75 Å². The lowest BCUT2D eigenvalue weighted by Crippen LogP contribution is -2.09. The van der Waals surface area contributed by atoms with E-state index in [1.54, 1.807) is 6.92 Å². The standard InChI is InChI=1S/C14H13BrO3/c1-9(14(16)17)11-7-6-10-4-2-3-5-12(10)13(11)18-8-15/h2-7,9H,8H2,1H3,(H,16,17). The van der Waals surface area contributed by atoms with Crippen molar-refractivity contribution in [1.29, 1.82) is 0 Å². The van der Waals surface area contributed by atoms with E-state index < -0.39 is 11.9 Å². The summed E-state index contributed by atoms with van der Waals surface area (Å²) in [4.78, 5) is 11.1. The van der Waals surface area contributed by atoms with Crippen molar-refractivity contribution in [3.05, 3.63) is 42.0 Å². The van der Waals surface area contributed by atoms with E-state index in [0.717, 1.165) is 10.8 Å². The van der Waals surface area contributed by atoms with Gasteiger partial charge in [-0.25, -0.2) is 0 Å². The lowest BCUT2D eigenvalue weighted by molar-refractivity contribution is -0.138. The van der Waals surface area contributed by atoms with Gasteiger partial charge in [0.25, 0.3) is 0 Å². The fraction of sp³-hybridized carbons (Fsp3) is 0.214. The smallest absolute Gasteiger partial charge is 0.310 e. The molecule has 0 bridgehead atoms. The number of ether oxygens (including phenoxy) is 1. The molecule has 94 valence electrons. The first-order valence-electron chi connectivity index (χ1n) is 5.58. The molecule has 0 saturated heterocycles. The van der Waals surface area contributed by atoms with Crippen molar-refractivity contribution < 1.29 is 14.6 Å². The number of carboxylic acid groups (broad SMARTS) is 1. The third kappa shape index (κ3) is 2.34. The number of aliphatic carboxylic acids is 1. The first kappa shape index (κ1) is 12.9. The molecule has 0 saturated carbocycles. The molecule has 4 heteroatoms. The van der Waals surface area contributed by atoms with Crippen molar-refractivity contribution in [3.63, 3.8) is 0 Å². The maximum atomic E-state index is 11.1. The minimum atomic E-state index is -0.857. The molecule has 0 aliphatic carbocycles. The molecule has 2 rings (SSSR count). The minimum Gasteiger partial charge on any atom is -0.481 e. The summed E-state index contributed by atoms with van der Waals surface area (Å²) in [5.74, 6) is -0.812. The summed E-state index contributed by atoms with van der Waals surface area (Å²) >= 11 is 3.22. The van der Waals surface area contributed by atoms with Gasteiger partial charge >= 0.3 is 5.97 Å². The van der Waals surface area contributed by atoms with Crippen molar-refractivity contribution in [2.24, 2.45) is 0 Å². The van der Waals surface area contributed by atoms with Gasteiger partial charge in [0, 0.05) is 10.9 Å². The number of carbonyl (C=O) groups is 1. The summed E-state index contributed by atoms with van der Waals surface area (Å²) in [5, 5.41) is 11.1. The first-order valence-corrected chi connectivity index (χ1v) is 6.70. The van der Waals surface area contributed by atoms with E-state index >= 15 is 0 Å². The molecule has 0 aliphatic rings. The average molecular weight is 309 g/mol. The summed E-state index contributed by atoms with van der Waals surface area (Å²) in [7, 11) is 0. The van der Waals surface area contributed by atoms with Crippen LogP contribution in [0.4, 0.5) is 0 Å². The Bertz CT molecular complexity index is 580. The first-order chi connectivity index (χ1) is 8.65. The SMILES string of the molecule is CC(C(=O)O)c1ccc2ccccc2c1OCBr. The summed E-state index contributed by atoms with van der Waals surface area (Å²) in [6.07, 6.45) is 0. The highest BCUT2D eigenvalue weighted by atomic mass is 79.9. The monoisotopic (exact) mass is 308 g/mol. The van der Waals surface area contributed by atoms with Gasteiger partial charge in [0.2, 0.25) is 0 Å². The van der Waals surface area contributed by atoms with Gasteiger partial charge in [0.15, 0.2) is 0 Å². The molecule has 0 amide bonds. The van der Waals surface area contributed by atoms with Crippen LogP contribution in [-0.2, 0) is 4.79 Å². The second-order valence-corrected chi connectivity index (χ2v) is 4.48. The number of alkyl halides is 1. The molecule has 0 fully saturated rings. The van der Waals surface area contributed by atoms with E-state index in [-0.39, 0.29) is 0 Å². The molecular weight excluding hydrogens is 296 g/mol. The molecule has 2 aromatic carbocycles. The molecule has 0 spiro atoms. The molecule has 2 aromatic rings. The van der Waals surface area contributed by atoms with Crippen LogP contribution in [0.25, 0.3) is 10.8 Å².